The van der Waals surface area contributed by atoms with Gasteiger partial charge in [0, 0.05) is 24.4 Å². The van der Waals surface area contributed by atoms with Gasteiger partial charge in [-0.15, -0.1) is 0 Å². The number of pyridine rings is 1. The van der Waals surface area contributed by atoms with Crippen LogP contribution in [0.2, 0.25) is 0 Å². The van der Waals surface area contributed by atoms with E-state index in [9.17, 15) is 0 Å². The number of nitrogens with zero attached hydrogens (tertiary/aromatic N) is 3. The number of ether oxygens (including phenoxy) is 2. The molecule has 3 N–H and O–H groups in total. The van der Waals surface area contributed by atoms with E-state index >= 15 is 0 Å². The molecule has 0 bridgehead atoms. The molecule has 1 fully saturated rings. The van der Waals surface area contributed by atoms with Gasteiger partial charge in [0.05, 0.1) is 38.7 Å². The van der Waals surface area contributed by atoms with Gasteiger partial charge in [-0.2, -0.15) is 5.10 Å². The largest absolute Gasteiger partial charge is 0.377 e. The van der Waals surface area contributed by atoms with Crippen molar-refractivity contribution in [3.8, 4) is 0 Å². The topological polar surface area (TPSA) is 99.1 Å². The molecule has 2 aliphatic rings. The molecule has 2 aromatic rings. The van der Waals surface area contributed by atoms with Gasteiger partial charge in [-0.1, -0.05) is 6.08 Å². The summed E-state index contributed by atoms with van der Waals surface area (Å²) in [5.74, 6) is 2.24. The standard InChI is InChI=1S/C19H24N6O2/c1-13-11-27-8-6-25(13)18-9-15(14-3-2-7-26-12-14)16(10-20)19(23-18)22-17-4-5-21-24-17/h3-5,9-10,13,20H,2,6-8,11-12H2,1H3,(H2,21,22,23,24)/t13-/m1/s1. The number of hydrogen-bond acceptors (Lipinski definition) is 7. The summed E-state index contributed by atoms with van der Waals surface area (Å²) in [6, 6.07) is 4.14. The first kappa shape index (κ1) is 17.7. The van der Waals surface area contributed by atoms with Gasteiger partial charge < -0.3 is 25.1 Å². The van der Waals surface area contributed by atoms with Crippen molar-refractivity contribution in [1.82, 2.24) is 15.2 Å². The Morgan fingerprint density at radius 2 is 2.30 bits per heavy atom. The molecule has 8 heteroatoms. The number of aromatic amines is 1. The van der Waals surface area contributed by atoms with E-state index in [2.05, 4.69) is 39.5 Å². The van der Waals surface area contributed by atoms with Crippen LogP contribution in [-0.2, 0) is 9.47 Å². The third kappa shape index (κ3) is 3.72. The van der Waals surface area contributed by atoms with Gasteiger partial charge in [0.15, 0.2) is 0 Å². The van der Waals surface area contributed by atoms with Crippen molar-refractivity contribution in [2.45, 2.75) is 19.4 Å². The van der Waals surface area contributed by atoms with Crippen LogP contribution in [-0.4, -0.2) is 60.4 Å². The minimum Gasteiger partial charge on any atom is -0.377 e. The summed E-state index contributed by atoms with van der Waals surface area (Å²) >= 11 is 0. The third-order valence-electron chi connectivity index (χ3n) is 4.86. The van der Waals surface area contributed by atoms with Gasteiger partial charge in [0.2, 0.25) is 0 Å². The summed E-state index contributed by atoms with van der Waals surface area (Å²) in [5, 5.41) is 18.1. The zero-order valence-corrected chi connectivity index (χ0v) is 15.4. The summed E-state index contributed by atoms with van der Waals surface area (Å²) in [4.78, 5) is 7.09. The molecule has 8 nitrogen and oxygen atoms in total. The zero-order chi connectivity index (χ0) is 18.6. The minimum atomic E-state index is 0.238. The van der Waals surface area contributed by atoms with Crippen molar-refractivity contribution in [2.75, 3.05) is 43.2 Å². The Morgan fingerprint density at radius 1 is 1.37 bits per heavy atom. The number of H-pyrrole nitrogens is 1. The summed E-state index contributed by atoms with van der Waals surface area (Å²) < 4.78 is 11.2. The predicted molar refractivity (Wildman–Crippen MR) is 105 cm³/mol. The molecule has 1 saturated heterocycles. The van der Waals surface area contributed by atoms with Gasteiger partial charge in [-0.3, -0.25) is 5.10 Å². The maximum Gasteiger partial charge on any atom is 0.143 e. The molecule has 2 aliphatic heterocycles. The summed E-state index contributed by atoms with van der Waals surface area (Å²) in [6.07, 6.45) is 6.10. The van der Waals surface area contributed by atoms with Gasteiger partial charge >= 0.3 is 0 Å². The van der Waals surface area contributed by atoms with E-state index in [4.69, 9.17) is 19.9 Å². The normalized spacial score (nSPS) is 20.3. The van der Waals surface area contributed by atoms with Crippen molar-refractivity contribution < 1.29 is 9.47 Å². The number of anilines is 3. The van der Waals surface area contributed by atoms with Crippen molar-refractivity contribution in [3.05, 3.63) is 35.5 Å². The quantitative estimate of drug-likeness (QED) is 0.702. The number of nitrogens with one attached hydrogen (secondary N) is 3. The number of rotatable bonds is 5. The van der Waals surface area contributed by atoms with Crippen LogP contribution >= 0.6 is 0 Å². The Balaban J connectivity index is 1.81. The molecular weight excluding hydrogens is 344 g/mol. The molecule has 4 rings (SSSR count). The van der Waals surface area contributed by atoms with Crippen LogP contribution in [0.25, 0.3) is 5.57 Å². The first-order chi connectivity index (χ1) is 13.3. The van der Waals surface area contributed by atoms with E-state index in [1.165, 1.54) is 6.21 Å². The van der Waals surface area contributed by atoms with Crippen LogP contribution in [0.5, 0.6) is 0 Å². The lowest BCUT2D eigenvalue weighted by molar-refractivity contribution is 0.0985. The molecule has 0 radical (unpaired) electrons. The van der Waals surface area contributed by atoms with Crippen LogP contribution in [0.15, 0.2) is 24.4 Å². The summed E-state index contributed by atoms with van der Waals surface area (Å²) in [5.41, 5.74) is 2.82. The van der Waals surface area contributed by atoms with Crippen LogP contribution in [0, 0.1) is 5.41 Å². The Bertz CT molecular complexity index is 833. The SMILES string of the molecule is C[C@@H]1COCCN1c1cc(C2=CCCOC2)c(C=N)c(Nc2ccn[nH]2)n1. The van der Waals surface area contributed by atoms with E-state index in [1.54, 1.807) is 6.20 Å². The molecule has 142 valence electrons. The monoisotopic (exact) mass is 368 g/mol. The maximum atomic E-state index is 7.99. The second-order valence-electron chi connectivity index (χ2n) is 6.72. The average molecular weight is 368 g/mol. The molecule has 4 heterocycles. The molecule has 0 aromatic carbocycles. The predicted octanol–water partition coefficient (Wildman–Crippen LogP) is 2.57. The highest BCUT2D eigenvalue weighted by Gasteiger charge is 2.24. The van der Waals surface area contributed by atoms with Gasteiger partial charge in [0.1, 0.15) is 17.5 Å². The van der Waals surface area contributed by atoms with E-state index < -0.39 is 0 Å². The molecule has 0 saturated carbocycles. The molecule has 0 unspecified atom stereocenters. The first-order valence-electron chi connectivity index (χ1n) is 9.19. The molecule has 27 heavy (non-hydrogen) atoms. The lowest BCUT2D eigenvalue weighted by Crippen LogP contribution is -2.44. The molecule has 2 aromatic heterocycles. The van der Waals surface area contributed by atoms with E-state index in [0.29, 0.717) is 25.6 Å². The Labute approximate surface area is 158 Å². The van der Waals surface area contributed by atoms with Gasteiger partial charge in [-0.25, -0.2) is 4.98 Å². The molecule has 0 spiro atoms. The second kappa shape index (κ2) is 7.89. The molecule has 0 aliphatic carbocycles. The molecule has 1 atom stereocenters. The smallest absolute Gasteiger partial charge is 0.143 e. The fraction of sp³-hybridized carbons (Fsp3) is 0.421. The van der Waals surface area contributed by atoms with Gasteiger partial charge in [0.25, 0.3) is 0 Å². The highest BCUT2D eigenvalue weighted by Crippen LogP contribution is 2.32. The summed E-state index contributed by atoms with van der Waals surface area (Å²) in [6.45, 7) is 5.57. The Morgan fingerprint density at radius 3 is 3.00 bits per heavy atom. The van der Waals surface area contributed by atoms with Crippen LogP contribution < -0.4 is 10.2 Å². The Kier molecular flexibility index (Phi) is 5.17. The second-order valence-corrected chi connectivity index (χ2v) is 6.72. The lowest BCUT2D eigenvalue weighted by Gasteiger charge is -2.35. The van der Waals surface area contributed by atoms with E-state index in [1.807, 2.05) is 6.07 Å². The fourth-order valence-corrected chi connectivity index (χ4v) is 3.46. The number of aromatic nitrogens is 3. The van der Waals surface area contributed by atoms with E-state index in [-0.39, 0.29) is 6.04 Å². The zero-order valence-electron chi connectivity index (χ0n) is 15.4. The maximum absolute atomic E-state index is 7.99. The highest BCUT2D eigenvalue weighted by atomic mass is 16.5. The lowest BCUT2D eigenvalue weighted by atomic mass is 9.99. The minimum absolute atomic E-state index is 0.238. The fourth-order valence-electron chi connectivity index (χ4n) is 3.46. The molecular formula is C19H24N6O2. The van der Waals surface area contributed by atoms with Crippen molar-refractivity contribution in [2.24, 2.45) is 0 Å². The van der Waals surface area contributed by atoms with Gasteiger partial charge in [-0.05, 0) is 30.5 Å². The number of morpholine rings is 1. The van der Waals surface area contributed by atoms with Crippen molar-refractivity contribution in [1.29, 1.82) is 5.41 Å². The molecule has 0 amide bonds. The van der Waals surface area contributed by atoms with Crippen molar-refractivity contribution >= 4 is 29.2 Å². The third-order valence-corrected chi connectivity index (χ3v) is 4.86. The highest BCUT2D eigenvalue weighted by molar-refractivity contribution is 5.94. The van der Waals surface area contributed by atoms with Crippen LogP contribution in [0.3, 0.4) is 0 Å². The van der Waals surface area contributed by atoms with Crippen LogP contribution in [0.1, 0.15) is 24.5 Å². The number of hydrogen-bond donors (Lipinski definition) is 3. The van der Waals surface area contributed by atoms with Crippen LogP contribution in [0.4, 0.5) is 17.5 Å². The van der Waals surface area contributed by atoms with E-state index in [0.717, 1.165) is 47.9 Å². The first-order valence-corrected chi connectivity index (χ1v) is 9.19. The van der Waals surface area contributed by atoms with Crippen molar-refractivity contribution in [3.63, 3.8) is 0 Å². The summed E-state index contributed by atoms with van der Waals surface area (Å²) in [7, 11) is 0. The average Bonchev–Trinajstić information content (AvgIpc) is 3.21. The Hall–Kier alpha value is -2.71.